The molecule has 2 aliphatic rings. The van der Waals surface area contributed by atoms with Crippen LogP contribution in [0.15, 0.2) is 80.5 Å². The first-order chi connectivity index (χ1) is 15.1. The second-order valence-electron chi connectivity index (χ2n) is 7.04. The van der Waals surface area contributed by atoms with Crippen molar-refractivity contribution < 1.29 is 18.7 Å². The summed E-state index contributed by atoms with van der Waals surface area (Å²) in [6, 6.07) is 12.9. The Balaban J connectivity index is 1.63. The molecule has 160 valence electrons. The van der Waals surface area contributed by atoms with Crippen molar-refractivity contribution in [1.82, 2.24) is 10.2 Å². The molecule has 3 heterocycles. The average Bonchev–Trinajstić information content (AvgIpc) is 3.46. The molecular weight excluding hydrogens is 414 g/mol. The first kappa shape index (κ1) is 21.0. The van der Waals surface area contributed by atoms with E-state index in [9.17, 15) is 9.59 Å². The number of allylic oxidation sites excluding steroid dienone is 1. The van der Waals surface area contributed by atoms with Gasteiger partial charge in [-0.1, -0.05) is 49.0 Å². The number of nitrogens with zero attached hydrogens (tertiary/aromatic N) is 2. The number of fused-ring (bicyclic) bond motifs is 1. The largest absolute Gasteiger partial charge is 0.467 e. The van der Waals surface area contributed by atoms with Gasteiger partial charge in [0.1, 0.15) is 5.76 Å². The number of esters is 1. The lowest BCUT2D eigenvalue weighted by Crippen LogP contribution is -2.38. The number of ether oxygens (including phenoxy) is 1. The molecule has 8 heteroatoms. The number of amidine groups is 1. The summed E-state index contributed by atoms with van der Waals surface area (Å²) in [7, 11) is 1.38. The second-order valence-corrected chi connectivity index (χ2v) is 7.88. The number of furan rings is 1. The number of benzene rings is 1. The SMILES string of the molecule is CCC1=C(C(=O)OC)C(c2ccccc2)N2C(CC(=O)NCc3ccco3)=CSC2=N1. The van der Waals surface area contributed by atoms with Gasteiger partial charge in [0.15, 0.2) is 5.17 Å². The van der Waals surface area contributed by atoms with Crippen LogP contribution < -0.4 is 5.32 Å². The van der Waals surface area contributed by atoms with Crippen LogP contribution in [0.2, 0.25) is 0 Å². The minimum absolute atomic E-state index is 0.138. The van der Waals surface area contributed by atoms with Gasteiger partial charge in [-0.25, -0.2) is 9.79 Å². The smallest absolute Gasteiger partial charge is 0.338 e. The van der Waals surface area contributed by atoms with Gasteiger partial charge in [0.05, 0.1) is 43.7 Å². The third kappa shape index (κ3) is 4.29. The van der Waals surface area contributed by atoms with Crippen molar-refractivity contribution in [3.8, 4) is 0 Å². The van der Waals surface area contributed by atoms with E-state index in [-0.39, 0.29) is 12.3 Å². The first-order valence-corrected chi connectivity index (χ1v) is 10.9. The molecule has 1 unspecified atom stereocenters. The molecule has 1 atom stereocenters. The van der Waals surface area contributed by atoms with Crippen LogP contribution in [0.25, 0.3) is 0 Å². The number of carbonyl (C=O) groups excluding carboxylic acids is 2. The molecule has 0 bridgehead atoms. The summed E-state index contributed by atoms with van der Waals surface area (Å²) < 4.78 is 10.4. The van der Waals surface area contributed by atoms with Crippen LogP contribution in [0.4, 0.5) is 0 Å². The average molecular weight is 438 g/mol. The van der Waals surface area contributed by atoms with Gasteiger partial charge in [0.2, 0.25) is 5.91 Å². The van der Waals surface area contributed by atoms with Gasteiger partial charge in [0.25, 0.3) is 0 Å². The Morgan fingerprint density at radius 1 is 1.23 bits per heavy atom. The number of thioether (sulfide) groups is 1. The zero-order valence-corrected chi connectivity index (χ0v) is 18.1. The summed E-state index contributed by atoms with van der Waals surface area (Å²) in [5.74, 6) is 0.141. The van der Waals surface area contributed by atoms with E-state index < -0.39 is 12.0 Å². The van der Waals surface area contributed by atoms with Gasteiger partial charge < -0.3 is 19.4 Å². The predicted octanol–water partition coefficient (Wildman–Crippen LogP) is 4.12. The van der Waals surface area contributed by atoms with Crippen molar-refractivity contribution in [3.05, 3.63) is 82.4 Å². The Kier molecular flexibility index (Phi) is 6.27. The summed E-state index contributed by atoms with van der Waals surface area (Å²) in [4.78, 5) is 32.1. The van der Waals surface area contributed by atoms with E-state index in [0.29, 0.717) is 30.0 Å². The van der Waals surface area contributed by atoms with Crippen LogP contribution in [-0.4, -0.2) is 29.1 Å². The molecule has 0 radical (unpaired) electrons. The molecule has 0 aliphatic carbocycles. The Labute approximate surface area is 184 Å². The van der Waals surface area contributed by atoms with E-state index in [1.54, 1.807) is 12.3 Å². The Morgan fingerprint density at radius 2 is 2.03 bits per heavy atom. The Hall–Kier alpha value is -3.26. The van der Waals surface area contributed by atoms with Crippen LogP contribution in [0.3, 0.4) is 0 Å². The number of rotatable bonds is 7. The van der Waals surface area contributed by atoms with Crippen molar-refractivity contribution in [2.75, 3.05) is 7.11 Å². The molecule has 2 aliphatic heterocycles. The molecule has 31 heavy (non-hydrogen) atoms. The molecule has 2 aromatic rings. The molecule has 0 spiro atoms. The molecule has 0 fully saturated rings. The molecule has 0 saturated carbocycles. The Morgan fingerprint density at radius 3 is 2.71 bits per heavy atom. The second kappa shape index (κ2) is 9.26. The van der Waals surface area contributed by atoms with Gasteiger partial charge in [-0.2, -0.15) is 0 Å². The molecule has 7 nitrogen and oxygen atoms in total. The minimum atomic E-state index is -0.410. The lowest BCUT2D eigenvalue weighted by Gasteiger charge is -2.36. The van der Waals surface area contributed by atoms with E-state index in [1.165, 1.54) is 18.9 Å². The number of nitrogens with one attached hydrogen (secondary N) is 1. The van der Waals surface area contributed by atoms with Crippen LogP contribution in [0.5, 0.6) is 0 Å². The number of hydrogen-bond acceptors (Lipinski definition) is 7. The molecule has 1 aromatic heterocycles. The fourth-order valence-corrected chi connectivity index (χ4v) is 4.63. The van der Waals surface area contributed by atoms with Crippen molar-refractivity contribution in [2.24, 2.45) is 4.99 Å². The molecule has 1 aromatic carbocycles. The minimum Gasteiger partial charge on any atom is -0.467 e. The topological polar surface area (TPSA) is 84.1 Å². The fraction of sp³-hybridized carbons (Fsp3) is 0.261. The normalized spacial score (nSPS) is 17.7. The number of aliphatic imine (C=N–C) groups is 1. The summed E-state index contributed by atoms with van der Waals surface area (Å²) in [6.07, 6.45) is 2.33. The highest BCUT2D eigenvalue weighted by atomic mass is 32.2. The van der Waals surface area contributed by atoms with Gasteiger partial charge in [-0.05, 0) is 29.5 Å². The van der Waals surface area contributed by atoms with Gasteiger partial charge in [-0.3, -0.25) is 4.79 Å². The number of amides is 1. The maximum absolute atomic E-state index is 12.8. The van der Waals surface area contributed by atoms with Gasteiger partial charge in [0, 0.05) is 5.70 Å². The van der Waals surface area contributed by atoms with Crippen molar-refractivity contribution >= 4 is 28.8 Å². The number of methoxy groups -OCH3 is 1. The molecule has 1 amide bonds. The summed E-state index contributed by atoms with van der Waals surface area (Å²) in [5.41, 5.74) is 2.93. The number of carbonyl (C=O) groups is 2. The van der Waals surface area contributed by atoms with E-state index in [0.717, 1.165) is 16.4 Å². The number of hydrogen-bond donors (Lipinski definition) is 1. The lowest BCUT2D eigenvalue weighted by atomic mass is 9.93. The van der Waals surface area contributed by atoms with Gasteiger partial charge in [-0.15, -0.1) is 0 Å². The molecule has 0 saturated heterocycles. The highest BCUT2D eigenvalue weighted by molar-refractivity contribution is 8.16. The van der Waals surface area contributed by atoms with Crippen LogP contribution in [0, 0.1) is 0 Å². The van der Waals surface area contributed by atoms with Crippen LogP contribution in [-0.2, 0) is 20.9 Å². The quantitative estimate of drug-likeness (QED) is 0.656. The lowest BCUT2D eigenvalue weighted by molar-refractivity contribution is -0.136. The zero-order valence-electron chi connectivity index (χ0n) is 17.3. The Bertz CT molecular complexity index is 1060. The van der Waals surface area contributed by atoms with E-state index in [4.69, 9.17) is 14.1 Å². The van der Waals surface area contributed by atoms with Crippen molar-refractivity contribution in [3.63, 3.8) is 0 Å². The van der Waals surface area contributed by atoms with Crippen molar-refractivity contribution in [1.29, 1.82) is 0 Å². The highest BCUT2D eigenvalue weighted by Gasteiger charge is 2.41. The van der Waals surface area contributed by atoms with Crippen LogP contribution >= 0.6 is 11.8 Å². The van der Waals surface area contributed by atoms with E-state index in [1.807, 2.05) is 53.6 Å². The third-order valence-electron chi connectivity index (χ3n) is 5.13. The predicted molar refractivity (Wildman–Crippen MR) is 119 cm³/mol. The first-order valence-electron chi connectivity index (χ1n) is 10.0. The standard InChI is InChI=1S/C23H23N3O4S/c1-3-18-20(22(28)29-2)21(15-8-5-4-6-9-15)26-16(14-31-23(26)25-18)12-19(27)24-13-17-10-7-11-30-17/h4-11,14,21H,3,12-13H2,1-2H3,(H,24,27). The van der Waals surface area contributed by atoms with E-state index in [2.05, 4.69) is 5.32 Å². The molecular formula is C23H23N3O4S. The third-order valence-corrected chi connectivity index (χ3v) is 6.01. The monoisotopic (exact) mass is 437 g/mol. The van der Waals surface area contributed by atoms with Crippen LogP contribution in [0.1, 0.15) is 37.1 Å². The molecule has 1 N–H and O–H groups in total. The van der Waals surface area contributed by atoms with Gasteiger partial charge >= 0.3 is 5.97 Å². The summed E-state index contributed by atoms with van der Waals surface area (Å²) in [6.45, 7) is 2.29. The zero-order chi connectivity index (χ0) is 21.8. The molecule has 4 rings (SSSR count). The highest BCUT2D eigenvalue weighted by Crippen LogP contribution is 2.45. The maximum Gasteiger partial charge on any atom is 0.338 e. The summed E-state index contributed by atoms with van der Waals surface area (Å²) >= 11 is 1.46. The fourth-order valence-electron chi connectivity index (χ4n) is 3.69. The van der Waals surface area contributed by atoms with E-state index >= 15 is 0 Å². The summed E-state index contributed by atoms with van der Waals surface area (Å²) in [5, 5.41) is 5.56. The maximum atomic E-state index is 12.8. The van der Waals surface area contributed by atoms with Crippen molar-refractivity contribution in [2.45, 2.75) is 32.4 Å².